The summed E-state index contributed by atoms with van der Waals surface area (Å²) in [5, 5.41) is 3.17. The summed E-state index contributed by atoms with van der Waals surface area (Å²) in [6.07, 6.45) is 5.11. The Bertz CT molecular complexity index is 370. The molecule has 0 saturated carbocycles. The summed E-state index contributed by atoms with van der Waals surface area (Å²) >= 11 is 0. The van der Waals surface area contributed by atoms with Crippen LogP contribution < -0.4 is 5.32 Å². The number of aryl methyl sites for hydroxylation is 1. The Hall–Kier alpha value is -1.20. The summed E-state index contributed by atoms with van der Waals surface area (Å²) in [5.74, 6) is 1.01. The number of carbonyl (C=O) groups excluding carboxylic acids is 1. The predicted molar refractivity (Wildman–Crippen MR) is 63.8 cm³/mol. The van der Waals surface area contributed by atoms with E-state index in [0.717, 1.165) is 25.3 Å². The SMILES string of the molecule is CCCn1ccnc1CC(=O)C1COCCN1. The number of hydrogen-bond donors (Lipinski definition) is 1. The molecule has 1 aliphatic rings. The summed E-state index contributed by atoms with van der Waals surface area (Å²) < 4.78 is 7.33. The molecule has 1 fully saturated rings. The van der Waals surface area contributed by atoms with Gasteiger partial charge in [-0.3, -0.25) is 4.79 Å². The van der Waals surface area contributed by atoms with E-state index in [1.54, 1.807) is 6.20 Å². The topological polar surface area (TPSA) is 56.2 Å². The van der Waals surface area contributed by atoms with E-state index in [0.29, 0.717) is 19.6 Å². The van der Waals surface area contributed by atoms with Crippen LogP contribution in [0.5, 0.6) is 0 Å². The van der Waals surface area contributed by atoms with E-state index in [9.17, 15) is 4.79 Å². The van der Waals surface area contributed by atoms with E-state index in [4.69, 9.17) is 4.74 Å². The van der Waals surface area contributed by atoms with Crippen molar-refractivity contribution in [2.24, 2.45) is 0 Å². The average Bonchev–Trinajstić information content (AvgIpc) is 2.78. The smallest absolute Gasteiger partial charge is 0.159 e. The number of rotatable bonds is 5. The van der Waals surface area contributed by atoms with Gasteiger partial charge in [0.15, 0.2) is 5.78 Å². The molecule has 2 heterocycles. The van der Waals surface area contributed by atoms with Crippen LogP contribution in [-0.2, 0) is 22.5 Å². The molecule has 5 nitrogen and oxygen atoms in total. The molecular weight excluding hydrogens is 218 g/mol. The first kappa shape index (κ1) is 12.3. The van der Waals surface area contributed by atoms with Crippen molar-refractivity contribution in [1.82, 2.24) is 14.9 Å². The van der Waals surface area contributed by atoms with Crippen LogP contribution in [0.4, 0.5) is 0 Å². The molecule has 0 radical (unpaired) electrons. The Morgan fingerprint density at radius 2 is 2.59 bits per heavy atom. The summed E-state index contributed by atoms with van der Waals surface area (Å²) in [4.78, 5) is 16.3. The molecule has 1 aliphatic heterocycles. The van der Waals surface area contributed by atoms with Crippen molar-refractivity contribution in [2.75, 3.05) is 19.8 Å². The number of carbonyl (C=O) groups is 1. The predicted octanol–water partition coefficient (Wildman–Crippen LogP) is 0.393. The van der Waals surface area contributed by atoms with Gasteiger partial charge in [0, 0.05) is 25.5 Å². The van der Waals surface area contributed by atoms with Gasteiger partial charge in [0.05, 0.1) is 25.7 Å². The van der Waals surface area contributed by atoms with Crippen LogP contribution in [0.1, 0.15) is 19.2 Å². The second-order valence-electron chi connectivity index (χ2n) is 4.26. The lowest BCUT2D eigenvalue weighted by molar-refractivity contribution is -0.123. The molecule has 0 aromatic carbocycles. The maximum absolute atomic E-state index is 12.0. The van der Waals surface area contributed by atoms with Gasteiger partial charge in [-0.2, -0.15) is 0 Å². The van der Waals surface area contributed by atoms with E-state index in [1.165, 1.54) is 0 Å². The molecule has 1 unspecified atom stereocenters. The zero-order valence-electron chi connectivity index (χ0n) is 10.2. The van der Waals surface area contributed by atoms with Gasteiger partial charge in [0.2, 0.25) is 0 Å². The van der Waals surface area contributed by atoms with Crippen molar-refractivity contribution in [1.29, 1.82) is 0 Å². The number of morpholine rings is 1. The van der Waals surface area contributed by atoms with Crippen LogP contribution in [0, 0.1) is 0 Å². The highest BCUT2D eigenvalue weighted by Gasteiger charge is 2.22. The maximum atomic E-state index is 12.0. The molecule has 17 heavy (non-hydrogen) atoms. The lowest BCUT2D eigenvalue weighted by atomic mass is 10.1. The van der Waals surface area contributed by atoms with E-state index in [2.05, 4.69) is 17.2 Å². The molecule has 1 aromatic heterocycles. The Balaban J connectivity index is 1.94. The van der Waals surface area contributed by atoms with Gasteiger partial charge >= 0.3 is 0 Å². The van der Waals surface area contributed by atoms with Crippen molar-refractivity contribution in [3.63, 3.8) is 0 Å². The molecule has 5 heteroatoms. The normalized spacial score (nSPS) is 20.4. The molecule has 0 aliphatic carbocycles. The zero-order valence-corrected chi connectivity index (χ0v) is 10.2. The first-order valence-corrected chi connectivity index (χ1v) is 6.15. The van der Waals surface area contributed by atoms with Gasteiger partial charge in [-0.15, -0.1) is 0 Å². The first-order valence-electron chi connectivity index (χ1n) is 6.15. The largest absolute Gasteiger partial charge is 0.378 e. The highest BCUT2D eigenvalue weighted by atomic mass is 16.5. The third-order valence-corrected chi connectivity index (χ3v) is 2.91. The van der Waals surface area contributed by atoms with Gasteiger partial charge in [0.1, 0.15) is 5.82 Å². The maximum Gasteiger partial charge on any atom is 0.159 e. The quantitative estimate of drug-likeness (QED) is 0.805. The van der Waals surface area contributed by atoms with Gasteiger partial charge in [-0.05, 0) is 6.42 Å². The Kier molecular flexibility index (Phi) is 4.28. The Morgan fingerprint density at radius 1 is 1.71 bits per heavy atom. The number of aromatic nitrogens is 2. The first-order chi connectivity index (χ1) is 8.31. The minimum Gasteiger partial charge on any atom is -0.378 e. The number of imidazole rings is 1. The van der Waals surface area contributed by atoms with Crippen LogP contribution in [0.25, 0.3) is 0 Å². The van der Waals surface area contributed by atoms with E-state index < -0.39 is 0 Å². The van der Waals surface area contributed by atoms with Crippen molar-refractivity contribution < 1.29 is 9.53 Å². The highest BCUT2D eigenvalue weighted by Crippen LogP contribution is 2.04. The number of ketones is 1. The zero-order chi connectivity index (χ0) is 12.1. The Labute approximate surface area is 101 Å². The van der Waals surface area contributed by atoms with Crippen molar-refractivity contribution in [2.45, 2.75) is 32.4 Å². The van der Waals surface area contributed by atoms with Gasteiger partial charge in [0.25, 0.3) is 0 Å². The van der Waals surface area contributed by atoms with Gasteiger partial charge in [-0.1, -0.05) is 6.92 Å². The van der Waals surface area contributed by atoms with Crippen LogP contribution in [0.3, 0.4) is 0 Å². The van der Waals surface area contributed by atoms with Crippen molar-refractivity contribution >= 4 is 5.78 Å². The summed E-state index contributed by atoms with van der Waals surface area (Å²) in [6.45, 7) is 4.95. The van der Waals surface area contributed by atoms with E-state index in [1.807, 2.05) is 10.8 Å². The lowest BCUT2D eigenvalue weighted by Gasteiger charge is -2.22. The minimum absolute atomic E-state index is 0.160. The monoisotopic (exact) mass is 237 g/mol. The second-order valence-corrected chi connectivity index (χ2v) is 4.26. The van der Waals surface area contributed by atoms with Gasteiger partial charge < -0.3 is 14.6 Å². The molecule has 0 bridgehead atoms. The molecule has 0 spiro atoms. The minimum atomic E-state index is -0.171. The van der Waals surface area contributed by atoms with Crippen LogP contribution in [-0.4, -0.2) is 41.1 Å². The number of nitrogens with one attached hydrogen (secondary N) is 1. The van der Waals surface area contributed by atoms with Crippen LogP contribution in [0.15, 0.2) is 12.4 Å². The van der Waals surface area contributed by atoms with Crippen LogP contribution >= 0.6 is 0 Å². The highest BCUT2D eigenvalue weighted by molar-refractivity contribution is 5.85. The number of hydrogen-bond acceptors (Lipinski definition) is 4. The molecule has 2 rings (SSSR count). The average molecular weight is 237 g/mol. The standard InChI is InChI=1S/C12H19N3O2/c1-2-5-15-6-3-14-12(15)8-11(16)10-9-17-7-4-13-10/h3,6,10,13H,2,4-5,7-9H2,1H3. The molecule has 1 aromatic rings. The molecular formula is C12H19N3O2. The summed E-state index contributed by atoms with van der Waals surface area (Å²) in [6, 6.07) is -0.171. The fourth-order valence-electron chi connectivity index (χ4n) is 2.00. The van der Waals surface area contributed by atoms with E-state index in [-0.39, 0.29) is 11.8 Å². The molecule has 1 atom stereocenters. The number of ether oxygens (including phenoxy) is 1. The third-order valence-electron chi connectivity index (χ3n) is 2.91. The second kappa shape index (κ2) is 5.93. The molecule has 1 N–H and O–H groups in total. The van der Waals surface area contributed by atoms with E-state index >= 15 is 0 Å². The van der Waals surface area contributed by atoms with Gasteiger partial charge in [-0.25, -0.2) is 4.98 Å². The number of Topliss-reactive ketones (excluding diaryl/α,β-unsaturated/α-hetero) is 1. The number of nitrogens with zero attached hydrogens (tertiary/aromatic N) is 2. The van der Waals surface area contributed by atoms with Crippen LogP contribution in [0.2, 0.25) is 0 Å². The third kappa shape index (κ3) is 3.14. The fraction of sp³-hybridized carbons (Fsp3) is 0.667. The fourth-order valence-corrected chi connectivity index (χ4v) is 2.00. The summed E-state index contributed by atoms with van der Waals surface area (Å²) in [7, 11) is 0. The molecule has 94 valence electrons. The molecule has 1 saturated heterocycles. The van der Waals surface area contributed by atoms with Crippen molar-refractivity contribution in [3.8, 4) is 0 Å². The molecule has 0 amide bonds. The lowest BCUT2D eigenvalue weighted by Crippen LogP contribution is -2.47. The Morgan fingerprint density at radius 3 is 3.29 bits per heavy atom. The summed E-state index contributed by atoms with van der Waals surface area (Å²) in [5.41, 5.74) is 0. The van der Waals surface area contributed by atoms with Crippen molar-refractivity contribution in [3.05, 3.63) is 18.2 Å².